The maximum atomic E-state index is 12.0. The summed E-state index contributed by atoms with van der Waals surface area (Å²) < 4.78 is 1.10. The first-order valence-corrected chi connectivity index (χ1v) is 6.04. The van der Waals surface area contributed by atoms with Gasteiger partial charge in [-0.05, 0) is 12.5 Å². The van der Waals surface area contributed by atoms with Crippen LogP contribution < -0.4 is 5.32 Å². The molecule has 0 aliphatic heterocycles. The summed E-state index contributed by atoms with van der Waals surface area (Å²) in [6.07, 6.45) is 1.31. The number of amides is 1. The lowest BCUT2D eigenvalue weighted by Gasteiger charge is -2.12. The van der Waals surface area contributed by atoms with Crippen LogP contribution in [0.3, 0.4) is 0 Å². The molecule has 0 aliphatic carbocycles. The number of benzene rings is 1. The summed E-state index contributed by atoms with van der Waals surface area (Å²) in [5, 5.41) is 18.6. The highest BCUT2D eigenvalue weighted by Crippen LogP contribution is 2.11. The van der Waals surface area contributed by atoms with Crippen molar-refractivity contribution in [3.8, 4) is 0 Å². The quantitative estimate of drug-likeness (QED) is 0.842. The Morgan fingerprint density at radius 2 is 2.05 bits per heavy atom. The molecule has 1 aromatic heterocycles. The number of carboxylic acids is 1. The van der Waals surface area contributed by atoms with Gasteiger partial charge in [-0.3, -0.25) is 9.59 Å². The number of hydrogen-bond donors (Lipinski definition) is 2. The molecule has 0 radical (unpaired) electrons. The van der Waals surface area contributed by atoms with E-state index in [1.807, 2.05) is 37.3 Å². The predicted octanol–water partition coefficient (Wildman–Crippen LogP) is 0.854. The normalized spacial score (nSPS) is 11.8. The van der Waals surface area contributed by atoms with Gasteiger partial charge in [-0.25, -0.2) is 4.68 Å². The summed E-state index contributed by atoms with van der Waals surface area (Å²) in [7, 11) is 0. The van der Waals surface area contributed by atoms with Gasteiger partial charge in [-0.2, -0.15) is 0 Å². The summed E-state index contributed by atoms with van der Waals surface area (Å²) in [5.41, 5.74) is 1.06. The second kappa shape index (κ2) is 5.96. The van der Waals surface area contributed by atoms with Crippen LogP contribution in [0, 0.1) is 0 Å². The number of aromatic nitrogens is 3. The molecule has 20 heavy (non-hydrogen) atoms. The number of rotatable bonds is 5. The van der Waals surface area contributed by atoms with Crippen LogP contribution in [-0.4, -0.2) is 32.0 Å². The number of carbonyl (C=O) groups excluding carboxylic acids is 1. The first-order valence-electron chi connectivity index (χ1n) is 6.04. The molecule has 0 saturated carbocycles. The number of hydrogen-bond acceptors (Lipinski definition) is 4. The Bertz CT molecular complexity index is 609. The Morgan fingerprint density at radius 1 is 1.35 bits per heavy atom. The molecule has 0 bridgehead atoms. The molecular formula is C13H14N4O3. The van der Waals surface area contributed by atoms with Gasteiger partial charge in [0.25, 0.3) is 5.91 Å². The zero-order valence-electron chi connectivity index (χ0n) is 10.9. The van der Waals surface area contributed by atoms with Crippen molar-refractivity contribution in [2.75, 3.05) is 0 Å². The van der Waals surface area contributed by atoms with E-state index in [1.54, 1.807) is 0 Å². The molecule has 1 aromatic carbocycles. The van der Waals surface area contributed by atoms with E-state index in [-0.39, 0.29) is 18.3 Å². The zero-order valence-corrected chi connectivity index (χ0v) is 10.9. The summed E-state index contributed by atoms with van der Waals surface area (Å²) in [4.78, 5) is 22.5. The molecular weight excluding hydrogens is 260 g/mol. The highest BCUT2D eigenvalue weighted by Gasteiger charge is 2.15. The van der Waals surface area contributed by atoms with Gasteiger partial charge in [0.2, 0.25) is 0 Å². The van der Waals surface area contributed by atoms with E-state index >= 15 is 0 Å². The fraction of sp³-hybridized carbons (Fsp3) is 0.231. The molecule has 2 N–H and O–H groups in total. The standard InChI is InChI=1S/C13H14N4O3/c1-9(10-5-3-2-4-6-10)14-13(20)11-7-17(16-15-11)8-12(18)19/h2-7,9H,8H2,1H3,(H,14,20)(H,18,19). The minimum Gasteiger partial charge on any atom is -0.480 e. The van der Waals surface area contributed by atoms with E-state index in [1.165, 1.54) is 6.20 Å². The summed E-state index contributed by atoms with van der Waals surface area (Å²) >= 11 is 0. The number of carbonyl (C=O) groups is 2. The highest BCUT2D eigenvalue weighted by atomic mass is 16.4. The monoisotopic (exact) mass is 274 g/mol. The first-order chi connectivity index (χ1) is 9.56. The Balaban J connectivity index is 2.01. The van der Waals surface area contributed by atoms with Crippen LogP contribution in [0.15, 0.2) is 36.5 Å². The van der Waals surface area contributed by atoms with Crippen molar-refractivity contribution >= 4 is 11.9 Å². The van der Waals surface area contributed by atoms with E-state index in [0.29, 0.717) is 0 Å². The Morgan fingerprint density at radius 3 is 2.70 bits per heavy atom. The third kappa shape index (κ3) is 3.41. The van der Waals surface area contributed by atoms with Gasteiger partial charge in [0.05, 0.1) is 12.2 Å². The zero-order chi connectivity index (χ0) is 14.5. The van der Waals surface area contributed by atoms with Crippen LogP contribution in [0.4, 0.5) is 0 Å². The van der Waals surface area contributed by atoms with Gasteiger partial charge in [-0.1, -0.05) is 35.5 Å². The van der Waals surface area contributed by atoms with Crippen LogP contribution in [0.1, 0.15) is 29.0 Å². The third-order valence-corrected chi connectivity index (χ3v) is 2.72. The average molecular weight is 274 g/mol. The largest absolute Gasteiger partial charge is 0.480 e. The lowest BCUT2D eigenvalue weighted by atomic mass is 10.1. The molecule has 0 saturated heterocycles. The van der Waals surface area contributed by atoms with Crippen molar-refractivity contribution in [1.82, 2.24) is 20.3 Å². The first kappa shape index (κ1) is 13.7. The fourth-order valence-corrected chi connectivity index (χ4v) is 1.71. The van der Waals surface area contributed by atoms with Crippen LogP contribution in [0.25, 0.3) is 0 Å². The molecule has 7 nitrogen and oxygen atoms in total. The smallest absolute Gasteiger partial charge is 0.325 e. The summed E-state index contributed by atoms with van der Waals surface area (Å²) in [6, 6.07) is 9.32. The topological polar surface area (TPSA) is 97.1 Å². The van der Waals surface area contributed by atoms with Crippen molar-refractivity contribution < 1.29 is 14.7 Å². The van der Waals surface area contributed by atoms with E-state index in [2.05, 4.69) is 15.6 Å². The van der Waals surface area contributed by atoms with Crippen molar-refractivity contribution in [1.29, 1.82) is 0 Å². The van der Waals surface area contributed by atoms with Gasteiger partial charge in [0.15, 0.2) is 5.69 Å². The number of nitrogens with zero attached hydrogens (tertiary/aromatic N) is 3. The maximum absolute atomic E-state index is 12.0. The summed E-state index contributed by atoms with van der Waals surface area (Å²) in [5.74, 6) is -1.43. The SMILES string of the molecule is CC(NC(=O)c1cn(CC(=O)O)nn1)c1ccccc1. The molecule has 104 valence electrons. The number of carboxylic acid groups (broad SMARTS) is 1. The van der Waals surface area contributed by atoms with Crippen LogP contribution in [0.2, 0.25) is 0 Å². The lowest BCUT2D eigenvalue weighted by molar-refractivity contribution is -0.137. The number of nitrogens with one attached hydrogen (secondary N) is 1. The molecule has 1 heterocycles. The van der Waals surface area contributed by atoms with Gasteiger partial charge < -0.3 is 10.4 Å². The summed E-state index contributed by atoms with van der Waals surface area (Å²) in [6.45, 7) is 1.53. The molecule has 7 heteroatoms. The average Bonchev–Trinajstić information content (AvgIpc) is 2.87. The lowest BCUT2D eigenvalue weighted by Crippen LogP contribution is -2.26. The van der Waals surface area contributed by atoms with Gasteiger partial charge in [0.1, 0.15) is 6.54 Å². The van der Waals surface area contributed by atoms with E-state index in [9.17, 15) is 9.59 Å². The predicted molar refractivity (Wildman–Crippen MR) is 70.0 cm³/mol. The molecule has 0 fully saturated rings. The highest BCUT2D eigenvalue weighted by molar-refractivity contribution is 5.92. The van der Waals surface area contributed by atoms with Crippen molar-refractivity contribution in [3.05, 3.63) is 47.8 Å². The van der Waals surface area contributed by atoms with Gasteiger partial charge in [-0.15, -0.1) is 5.10 Å². The van der Waals surface area contributed by atoms with Crippen LogP contribution in [-0.2, 0) is 11.3 Å². The van der Waals surface area contributed by atoms with Gasteiger partial charge in [0, 0.05) is 0 Å². The van der Waals surface area contributed by atoms with E-state index in [0.717, 1.165) is 10.2 Å². The maximum Gasteiger partial charge on any atom is 0.325 e. The van der Waals surface area contributed by atoms with E-state index in [4.69, 9.17) is 5.11 Å². The van der Waals surface area contributed by atoms with Crippen molar-refractivity contribution in [3.63, 3.8) is 0 Å². The second-order valence-electron chi connectivity index (χ2n) is 4.30. The van der Waals surface area contributed by atoms with Crippen molar-refractivity contribution in [2.24, 2.45) is 0 Å². The molecule has 1 unspecified atom stereocenters. The Hall–Kier alpha value is -2.70. The van der Waals surface area contributed by atoms with Crippen LogP contribution >= 0.6 is 0 Å². The minimum absolute atomic E-state index is 0.0917. The molecule has 2 aromatic rings. The molecule has 0 aliphatic rings. The third-order valence-electron chi connectivity index (χ3n) is 2.72. The number of aliphatic carboxylic acids is 1. The minimum atomic E-state index is -1.04. The Kier molecular flexibility index (Phi) is 4.09. The molecule has 1 atom stereocenters. The molecule has 0 spiro atoms. The Labute approximate surface area is 115 Å². The fourth-order valence-electron chi connectivity index (χ4n) is 1.71. The second-order valence-corrected chi connectivity index (χ2v) is 4.30. The van der Waals surface area contributed by atoms with Crippen LogP contribution in [0.5, 0.6) is 0 Å². The molecule has 1 amide bonds. The van der Waals surface area contributed by atoms with Crippen molar-refractivity contribution in [2.45, 2.75) is 19.5 Å². The molecule has 2 rings (SSSR count). The van der Waals surface area contributed by atoms with Gasteiger partial charge >= 0.3 is 5.97 Å². The van der Waals surface area contributed by atoms with E-state index < -0.39 is 11.9 Å².